The van der Waals surface area contributed by atoms with Gasteiger partial charge in [-0.05, 0) is 18.3 Å². The molecule has 0 heterocycles. The van der Waals surface area contributed by atoms with Crippen molar-refractivity contribution >= 4 is 11.8 Å². The molecule has 10 heteroatoms. The summed E-state index contributed by atoms with van der Waals surface area (Å²) < 4.78 is 97.7. The molecule has 0 aliphatic heterocycles. The smallest absolute Gasteiger partial charge is 0.409 e. The van der Waals surface area contributed by atoms with Crippen LogP contribution in [0.2, 0.25) is 0 Å². The molecule has 160 valence electrons. The lowest BCUT2D eigenvalue weighted by Gasteiger charge is -2.12. The minimum atomic E-state index is -4.57. The number of benzene rings is 1. The maximum Gasteiger partial charge on any atom is 0.409 e. The topological polar surface area (TPSA) is 43.4 Å². The number of ketones is 1. The Hall–Kier alpha value is -2.39. The molecule has 0 spiro atoms. The van der Waals surface area contributed by atoms with Gasteiger partial charge in [-0.2, -0.15) is 13.2 Å². The Morgan fingerprint density at radius 2 is 1.48 bits per heavy atom. The number of Topliss-reactive ketones (excluding diaryl/α,β-unsaturated/α-hetero) is 1. The molecule has 1 fully saturated rings. The van der Waals surface area contributed by atoms with Crippen LogP contribution in [-0.4, -0.2) is 17.9 Å². The number of hydrogen-bond donors (Lipinski definition) is 0. The van der Waals surface area contributed by atoms with E-state index in [1.165, 1.54) is 13.8 Å². The van der Waals surface area contributed by atoms with E-state index in [0.29, 0.717) is 0 Å². The maximum atomic E-state index is 14.1. The van der Waals surface area contributed by atoms with E-state index in [9.17, 15) is 40.3 Å². The Kier molecular flexibility index (Phi) is 6.15. The first kappa shape index (κ1) is 22.9. The molecular formula is C19H17F7O3. The molecule has 29 heavy (non-hydrogen) atoms. The molecule has 1 aliphatic rings. The van der Waals surface area contributed by atoms with Crippen molar-refractivity contribution in [3.8, 4) is 0 Å². The summed E-state index contributed by atoms with van der Waals surface area (Å²) in [4.78, 5) is 23.1. The van der Waals surface area contributed by atoms with E-state index in [1.807, 2.05) is 0 Å². The van der Waals surface area contributed by atoms with Crippen LogP contribution in [0.25, 0.3) is 0 Å². The first-order valence-electron chi connectivity index (χ1n) is 8.44. The van der Waals surface area contributed by atoms with Crippen molar-refractivity contribution in [1.82, 2.24) is 0 Å². The Labute approximate surface area is 161 Å². The molecule has 0 bridgehead atoms. The number of carbonyl (C=O) groups excluding carboxylic acids is 2. The van der Waals surface area contributed by atoms with Crippen molar-refractivity contribution in [3.63, 3.8) is 0 Å². The summed E-state index contributed by atoms with van der Waals surface area (Å²) in [6.07, 6.45) is -4.67. The van der Waals surface area contributed by atoms with E-state index < -0.39 is 82.6 Å². The number of allylic oxidation sites excluding steroid dienone is 2. The van der Waals surface area contributed by atoms with Gasteiger partial charge in [0.1, 0.15) is 12.4 Å². The van der Waals surface area contributed by atoms with Gasteiger partial charge in [0.2, 0.25) is 0 Å². The van der Waals surface area contributed by atoms with E-state index in [4.69, 9.17) is 4.74 Å². The molecule has 1 saturated carbocycles. The van der Waals surface area contributed by atoms with Crippen molar-refractivity contribution in [2.24, 2.45) is 17.3 Å². The second kappa shape index (κ2) is 7.79. The Morgan fingerprint density at radius 1 is 1.00 bits per heavy atom. The van der Waals surface area contributed by atoms with Gasteiger partial charge in [0, 0.05) is 18.1 Å². The summed E-state index contributed by atoms with van der Waals surface area (Å²) in [5.41, 5.74) is -3.16. The lowest BCUT2D eigenvalue weighted by Crippen LogP contribution is -2.15. The van der Waals surface area contributed by atoms with Gasteiger partial charge in [0.15, 0.2) is 23.3 Å². The largest absolute Gasteiger partial charge is 0.460 e. The Morgan fingerprint density at radius 3 is 1.93 bits per heavy atom. The SMILES string of the molecule is CC(=O)Cc1c(F)c(F)c(COC(=O)[C@H]2C(/C=C/C(F)(F)F)C2(C)C)c(F)c1F. The summed E-state index contributed by atoms with van der Waals surface area (Å²) in [7, 11) is 0. The number of carbonyl (C=O) groups is 2. The van der Waals surface area contributed by atoms with Gasteiger partial charge in [-0.3, -0.25) is 9.59 Å². The third-order valence-electron chi connectivity index (χ3n) is 4.89. The number of ether oxygens (including phenoxy) is 1. The van der Waals surface area contributed by atoms with E-state index in [2.05, 4.69) is 0 Å². The molecule has 2 atom stereocenters. The monoisotopic (exact) mass is 426 g/mol. The van der Waals surface area contributed by atoms with Crippen LogP contribution in [0.1, 0.15) is 31.9 Å². The van der Waals surface area contributed by atoms with Crippen molar-refractivity contribution in [2.45, 2.75) is 40.0 Å². The van der Waals surface area contributed by atoms with Gasteiger partial charge in [0.05, 0.1) is 11.5 Å². The van der Waals surface area contributed by atoms with Gasteiger partial charge in [-0.15, -0.1) is 0 Å². The minimum Gasteiger partial charge on any atom is -0.460 e. The van der Waals surface area contributed by atoms with Crippen LogP contribution in [0.5, 0.6) is 0 Å². The highest BCUT2D eigenvalue weighted by Gasteiger charge is 2.61. The zero-order valence-electron chi connectivity index (χ0n) is 15.6. The molecule has 3 nitrogen and oxygen atoms in total. The summed E-state index contributed by atoms with van der Waals surface area (Å²) in [5.74, 6) is -10.8. The highest BCUT2D eigenvalue weighted by atomic mass is 19.4. The third-order valence-corrected chi connectivity index (χ3v) is 4.89. The van der Waals surface area contributed by atoms with Crippen LogP contribution >= 0.6 is 0 Å². The molecule has 0 N–H and O–H groups in total. The molecule has 1 aromatic carbocycles. The van der Waals surface area contributed by atoms with Crippen LogP contribution in [0.3, 0.4) is 0 Å². The van der Waals surface area contributed by atoms with Crippen LogP contribution in [0.4, 0.5) is 30.7 Å². The summed E-state index contributed by atoms with van der Waals surface area (Å²) in [6.45, 7) is 2.82. The highest BCUT2D eigenvalue weighted by molar-refractivity contribution is 5.79. The maximum absolute atomic E-state index is 14.1. The van der Waals surface area contributed by atoms with Gasteiger partial charge in [-0.1, -0.05) is 19.9 Å². The second-order valence-electron chi connectivity index (χ2n) is 7.43. The minimum absolute atomic E-state index is 0.0233. The predicted octanol–water partition coefficient (Wildman–Crippen LogP) is 4.81. The second-order valence-corrected chi connectivity index (χ2v) is 7.43. The van der Waals surface area contributed by atoms with Crippen molar-refractivity contribution in [1.29, 1.82) is 0 Å². The number of rotatable bonds is 6. The standard InChI is InChI=1S/C19H17F7O3/c1-8(27)6-9-13(20)15(22)10(16(23)14(9)21)7-29-17(28)12-11(18(12,2)3)4-5-19(24,25)26/h4-5,11-12H,6-7H2,1-3H3/b5-4+/t11?,12-/m1/s1. The van der Waals surface area contributed by atoms with Crippen molar-refractivity contribution in [2.75, 3.05) is 0 Å². The average Bonchev–Trinajstić information content (AvgIpc) is 3.15. The van der Waals surface area contributed by atoms with E-state index >= 15 is 0 Å². The van der Waals surface area contributed by atoms with Gasteiger partial charge in [0.25, 0.3) is 0 Å². The number of hydrogen-bond acceptors (Lipinski definition) is 3. The zero-order valence-corrected chi connectivity index (χ0v) is 15.6. The average molecular weight is 426 g/mol. The van der Waals surface area contributed by atoms with Gasteiger partial charge >= 0.3 is 12.1 Å². The molecule has 1 unspecified atom stereocenters. The molecule has 0 radical (unpaired) electrons. The molecule has 0 amide bonds. The molecule has 0 aromatic heterocycles. The zero-order chi connectivity index (χ0) is 22.3. The highest BCUT2D eigenvalue weighted by Crippen LogP contribution is 2.59. The lowest BCUT2D eigenvalue weighted by atomic mass is 10.0. The van der Waals surface area contributed by atoms with Crippen LogP contribution in [0, 0.1) is 40.5 Å². The fraction of sp³-hybridized carbons (Fsp3) is 0.474. The lowest BCUT2D eigenvalue weighted by molar-refractivity contribution is -0.147. The number of alkyl halides is 3. The van der Waals surface area contributed by atoms with Crippen LogP contribution < -0.4 is 0 Å². The number of esters is 1. The predicted molar refractivity (Wildman–Crippen MR) is 86.4 cm³/mol. The Balaban J connectivity index is 2.17. The molecule has 2 rings (SSSR count). The quantitative estimate of drug-likeness (QED) is 0.284. The van der Waals surface area contributed by atoms with Crippen molar-refractivity contribution < 1.29 is 45.1 Å². The summed E-state index contributed by atoms with van der Waals surface area (Å²) in [5, 5.41) is 0. The fourth-order valence-electron chi connectivity index (χ4n) is 3.19. The summed E-state index contributed by atoms with van der Waals surface area (Å²) in [6, 6.07) is 0. The molecule has 1 aromatic rings. The first-order valence-corrected chi connectivity index (χ1v) is 8.44. The van der Waals surface area contributed by atoms with E-state index in [-0.39, 0.29) is 6.08 Å². The molecule has 0 saturated heterocycles. The van der Waals surface area contributed by atoms with Crippen LogP contribution in [0.15, 0.2) is 12.2 Å². The van der Waals surface area contributed by atoms with E-state index in [1.54, 1.807) is 0 Å². The fourth-order valence-corrected chi connectivity index (χ4v) is 3.19. The normalized spacial score (nSPS) is 20.8. The Bertz CT molecular complexity index is 843. The van der Waals surface area contributed by atoms with Gasteiger partial charge < -0.3 is 4.74 Å². The van der Waals surface area contributed by atoms with Gasteiger partial charge in [-0.25, -0.2) is 17.6 Å². The van der Waals surface area contributed by atoms with E-state index in [0.717, 1.165) is 13.0 Å². The van der Waals surface area contributed by atoms with Crippen molar-refractivity contribution in [3.05, 3.63) is 46.5 Å². The van der Waals surface area contributed by atoms with Crippen LogP contribution in [-0.2, 0) is 27.4 Å². The first-order chi connectivity index (χ1) is 13.2. The molecule has 1 aliphatic carbocycles. The molecular weight excluding hydrogens is 409 g/mol. The summed E-state index contributed by atoms with van der Waals surface area (Å²) >= 11 is 0. The third kappa shape index (κ3) is 4.79. The number of halogens is 7.